The number of halogens is 3. The molecule has 0 radical (unpaired) electrons. The first-order valence-corrected chi connectivity index (χ1v) is 14.2. The molecule has 1 aliphatic carbocycles. The number of alkyl halides is 3. The normalized spacial score (nSPS) is 21.5. The van der Waals surface area contributed by atoms with Crippen LogP contribution in [0.5, 0.6) is 5.75 Å². The van der Waals surface area contributed by atoms with Crippen molar-refractivity contribution in [2.24, 2.45) is 0 Å². The molecule has 220 valence electrons. The van der Waals surface area contributed by atoms with Gasteiger partial charge in [-0.05, 0) is 69.7 Å². The van der Waals surface area contributed by atoms with Gasteiger partial charge in [-0.15, -0.1) is 13.2 Å². The number of rotatable bonds is 8. The van der Waals surface area contributed by atoms with Gasteiger partial charge in [0, 0.05) is 46.8 Å². The van der Waals surface area contributed by atoms with E-state index in [0.29, 0.717) is 22.6 Å². The number of aromatic nitrogens is 2. The van der Waals surface area contributed by atoms with Crippen LogP contribution in [0.2, 0.25) is 0 Å². The number of piperidine rings is 1. The monoisotopic (exact) mass is 581 g/mol. The molecule has 3 aliphatic rings. The van der Waals surface area contributed by atoms with Crippen molar-refractivity contribution in [3.63, 3.8) is 0 Å². The summed E-state index contributed by atoms with van der Waals surface area (Å²) in [6.45, 7) is 2.20. The van der Waals surface area contributed by atoms with E-state index in [4.69, 9.17) is 14.0 Å². The van der Waals surface area contributed by atoms with Gasteiger partial charge in [0.25, 0.3) is 0 Å². The topological polar surface area (TPSA) is 86.9 Å². The molecule has 2 aliphatic heterocycles. The zero-order chi connectivity index (χ0) is 29.3. The van der Waals surface area contributed by atoms with Crippen LogP contribution in [0, 0.1) is 11.8 Å². The van der Waals surface area contributed by atoms with Crippen LogP contribution in [-0.2, 0) is 20.9 Å². The summed E-state index contributed by atoms with van der Waals surface area (Å²) in [6, 6.07) is 10.3. The van der Waals surface area contributed by atoms with Crippen LogP contribution >= 0.6 is 0 Å². The quantitative estimate of drug-likeness (QED) is 0.232. The highest BCUT2D eigenvalue weighted by atomic mass is 19.4. The summed E-state index contributed by atoms with van der Waals surface area (Å²) in [4.78, 5) is 18.5. The van der Waals surface area contributed by atoms with Crippen LogP contribution in [-0.4, -0.2) is 47.3 Å². The highest BCUT2D eigenvalue weighted by Gasteiger charge is 2.42. The Balaban J connectivity index is 1.14. The number of ether oxygens (including phenoxy) is 3. The van der Waals surface area contributed by atoms with Crippen molar-refractivity contribution in [2.75, 3.05) is 11.5 Å². The second-order valence-corrected chi connectivity index (χ2v) is 10.8. The summed E-state index contributed by atoms with van der Waals surface area (Å²) in [7, 11) is 0. The van der Waals surface area contributed by atoms with Gasteiger partial charge in [-0.25, -0.2) is 9.78 Å². The average molecular weight is 582 g/mol. The Morgan fingerprint density at radius 1 is 1.10 bits per heavy atom. The third-order valence-corrected chi connectivity index (χ3v) is 7.88. The zero-order valence-electron chi connectivity index (χ0n) is 23.0. The van der Waals surface area contributed by atoms with E-state index >= 15 is 0 Å². The van der Waals surface area contributed by atoms with Crippen molar-refractivity contribution in [2.45, 2.75) is 82.5 Å². The second-order valence-electron chi connectivity index (χ2n) is 10.8. The summed E-state index contributed by atoms with van der Waals surface area (Å²) < 4.78 is 60.5. The van der Waals surface area contributed by atoms with Crippen molar-refractivity contribution in [1.29, 1.82) is 0 Å². The van der Waals surface area contributed by atoms with Gasteiger partial charge >= 0.3 is 12.3 Å². The van der Waals surface area contributed by atoms with Gasteiger partial charge in [0.2, 0.25) is 0 Å². The number of anilines is 1. The van der Waals surface area contributed by atoms with E-state index in [0.717, 1.165) is 44.3 Å². The number of esters is 1. The standard InChI is InChI=1S/C31H30F3N3O5/c1-2-39-28(38)14-8-19-7-13-27(35-17-19)37-21-11-12-22(37)16-23(15-21)40-18-25-29(36-42-30(25)20-9-10-20)24-5-3-4-6-26(24)41-31(32,33)34/h3-7,13,17,20-23H,2,9-12,15-16,18H2,1H3. The molecule has 2 saturated heterocycles. The maximum Gasteiger partial charge on any atom is 0.573 e. The Kier molecular flexibility index (Phi) is 7.82. The molecule has 11 heteroatoms. The van der Waals surface area contributed by atoms with Gasteiger partial charge in [0.1, 0.15) is 23.0 Å². The number of hydrogen-bond acceptors (Lipinski definition) is 8. The predicted molar refractivity (Wildman–Crippen MR) is 145 cm³/mol. The lowest BCUT2D eigenvalue weighted by Crippen LogP contribution is -2.46. The van der Waals surface area contributed by atoms with Gasteiger partial charge in [0.15, 0.2) is 0 Å². The SMILES string of the molecule is CCOC(=O)C#Cc1ccc(N2C3CCC2CC(OCc2c(-c4ccccc4OC(F)(F)F)noc2C2CC2)C3)nc1. The van der Waals surface area contributed by atoms with Crippen molar-refractivity contribution in [1.82, 2.24) is 10.1 Å². The van der Waals surface area contributed by atoms with Gasteiger partial charge in [0.05, 0.1) is 19.3 Å². The molecule has 42 heavy (non-hydrogen) atoms. The fourth-order valence-electron chi connectivity index (χ4n) is 5.96. The summed E-state index contributed by atoms with van der Waals surface area (Å²) in [6.07, 6.45) is 2.35. The molecule has 2 aromatic heterocycles. The number of para-hydroxylation sites is 1. The summed E-state index contributed by atoms with van der Waals surface area (Å²) in [5, 5.41) is 4.18. The fraction of sp³-hybridized carbons (Fsp3) is 0.452. The Bertz CT molecular complexity index is 1480. The van der Waals surface area contributed by atoms with E-state index in [1.165, 1.54) is 12.1 Å². The van der Waals surface area contributed by atoms with E-state index in [2.05, 4.69) is 31.6 Å². The molecule has 4 heterocycles. The Morgan fingerprint density at radius 2 is 1.86 bits per heavy atom. The number of pyridine rings is 1. The number of benzene rings is 1. The molecular formula is C31H30F3N3O5. The maximum absolute atomic E-state index is 13.1. The van der Waals surface area contributed by atoms with Gasteiger partial charge < -0.3 is 23.6 Å². The molecule has 3 fully saturated rings. The van der Waals surface area contributed by atoms with Gasteiger partial charge in [-0.1, -0.05) is 23.2 Å². The van der Waals surface area contributed by atoms with Crippen LogP contribution in [0.1, 0.15) is 68.3 Å². The number of fused-ring (bicyclic) bond motifs is 2. The number of carbonyl (C=O) groups is 1. The highest BCUT2D eigenvalue weighted by Crippen LogP contribution is 2.46. The lowest BCUT2D eigenvalue weighted by molar-refractivity contribution is -0.274. The smallest absolute Gasteiger partial charge is 0.456 e. The van der Waals surface area contributed by atoms with E-state index in [1.54, 1.807) is 25.3 Å². The van der Waals surface area contributed by atoms with Crippen LogP contribution < -0.4 is 9.64 Å². The summed E-state index contributed by atoms with van der Waals surface area (Å²) >= 11 is 0. The Labute approximate surface area is 241 Å². The number of nitrogens with zero attached hydrogens (tertiary/aromatic N) is 3. The molecule has 1 saturated carbocycles. The van der Waals surface area contributed by atoms with E-state index in [1.807, 2.05) is 12.1 Å². The van der Waals surface area contributed by atoms with Crippen molar-refractivity contribution < 1.29 is 36.7 Å². The third-order valence-electron chi connectivity index (χ3n) is 7.88. The minimum absolute atomic E-state index is 0.0232. The predicted octanol–water partition coefficient (Wildman–Crippen LogP) is 6.14. The van der Waals surface area contributed by atoms with E-state index < -0.39 is 12.3 Å². The molecule has 2 bridgehead atoms. The van der Waals surface area contributed by atoms with Crippen molar-refractivity contribution >= 4 is 11.8 Å². The number of hydrogen-bond donors (Lipinski definition) is 0. The maximum atomic E-state index is 13.1. The Morgan fingerprint density at radius 3 is 2.52 bits per heavy atom. The largest absolute Gasteiger partial charge is 0.573 e. The van der Waals surface area contributed by atoms with Crippen molar-refractivity contribution in [3.05, 3.63) is 59.5 Å². The minimum Gasteiger partial charge on any atom is -0.456 e. The molecule has 3 aromatic rings. The lowest BCUT2D eigenvalue weighted by atomic mass is 9.99. The zero-order valence-corrected chi connectivity index (χ0v) is 23.0. The molecule has 6 rings (SSSR count). The van der Waals surface area contributed by atoms with Crippen molar-refractivity contribution in [3.8, 4) is 28.8 Å². The van der Waals surface area contributed by atoms with E-state index in [9.17, 15) is 18.0 Å². The molecule has 8 nitrogen and oxygen atoms in total. The molecule has 0 N–H and O–H groups in total. The molecular weight excluding hydrogens is 551 g/mol. The Hall–Kier alpha value is -4.04. The summed E-state index contributed by atoms with van der Waals surface area (Å²) in [5.41, 5.74) is 1.87. The van der Waals surface area contributed by atoms with E-state index in [-0.39, 0.29) is 48.6 Å². The first-order valence-electron chi connectivity index (χ1n) is 14.2. The van der Waals surface area contributed by atoms with Crippen LogP contribution in [0.15, 0.2) is 47.1 Å². The molecule has 2 atom stereocenters. The third kappa shape index (κ3) is 6.23. The molecule has 0 amide bonds. The first kappa shape index (κ1) is 28.1. The number of carbonyl (C=O) groups excluding carboxylic acids is 1. The van der Waals surface area contributed by atoms with Crippen LogP contribution in [0.4, 0.5) is 19.0 Å². The van der Waals surface area contributed by atoms with Gasteiger partial charge in [-0.3, -0.25) is 0 Å². The lowest BCUT2D eigenvalue weighted by Gasteiger charge is -2.39. The molecule has 2 unspecified atom stereocenters. The second kappa shape index (κ2) is 11.7. The van der Waals surface area contributed by atoms with Crippen LogP contribution in [0.25, 0.3) is 11.3 Å². The average Bonchev–Trinajstić information content (AvgIpc) is 3.66. The molecule has 1 aromatic carbocycles. The van der Waals surface area contributed by atoms with Crippen LogP contribution in [0.3, 0.4) is 0 Å². The summed E-state index contributed by atoms with van der Waals surface area (Å²) in [5.74, 6) is 6.09. The minimum atomic E-state index is -4.83. The molecule has 0 spiro atoms. The highest BCUT2D eigenvalue weighted by molar-refractivity contribution is 5.89. The van der Waals surface area contributed by atoms with Gasteiger partial charge in [-0.2, -0.15) is 0 Å². The first-order chi connectivity index (χ1) is 20.3. The fourth-order valence-corrected chi connectivity index (χ4v) is 5.96.